The van der Waals surface area contributed by atoms with E-state index in [4.69, 9.17) is 0 Å². The number of H-pyrrole nitrogens is 1. The van der Waals surface area contributed by atoms with Crippen LogP contribution in [0.1, 0.15) is 54.5 Å². The number of pyridine rings is 1. The molecule has 9 heteroatoms. The highest BCUT2D eigenvalue weighted by Crippen LogP contribution is 2.50. The molecule has 2 aliphatic rings. The van der Waals surface area contributed by atoms with Crippen molar-refractivity contribution in [3.05, 3.63) is 47.4 Å². The van der Waals surface area contributed by atoms with Crippen LogP contribution in [0.25, 0.3) is 11.1 Å². The molecule has 0 aromatic carbocycles. The molecule has 2 fully saturated rings. The summed E-state index contributed by atoms with van der Waals surface area (Å²) in [4.78, 5) is 17.5. The van der Waals surface area contributed by atoms with Gasteiger partial charge in [-0.1, -0.05) is 0 Å². The van der Waals surface area contributed by atoms with Crippen molar-refractivity contribution in [3.63, 3.8) is 0 Å². The Labute approximate surface area is 198 Å². The number of anilines is 1. The fraction of sp³-hybridized carbons (Fsp3) is 0.520. The summed E-state index contributed by atoms with van der Waals surface area (Å²) in [5, 5.41) is 17.8. The quantitative estimate of drug-likeness (QED) is 0.419. The monoisotopic (exact) mass is 465 g/mol. The minimum atomic E-state index is -0.416. The fourth-order valence-electron chi connectivity index (χ4n) is 5.20. The van der Waals surface area contributed by atoms with E-state index in [1.807, 2.05) is 20.8 Å². The summed E-state index contributed by atoms with van der Waals surface area (Å²) in [6.45, 7) is 6.81. The van der Waals surface area contributed by atoms with Crippen LogP contribution in [-0.4, -0.2) is 43.5 Å². The van der Waals surface area contributed by atoms with Gasteiger partial charge in [-0.3, -0.25) is 14.6 Å². The lowest BCUT2D eigenvalue weighted by Crippen LogP contribution is -2.47. The van der Waals surface area contributed by atoms with Crippen LogP contribution in [0.2, 0.25) is 0 Å². The normalized spacial score (nSPS) is 16.6. The number of halogens is 1. The summed E-state index contributed by atoms with van der Waals surface area (Å²) in [6.07, 6.45) is 8.12. The highest BCUT2D eigenvalue weighted by atomic mass is 19.1. The van der Waals surface area contributed by atoms with Crippen LogP contribution in [0.15, 0.2) is 24.5 Å². The Bertz CT molecular complexity index is 1150. The van der Waals surface area contributed by atoms with Crippen molar-refractivity contribution < 1.29 is 9.18 Å². The Hall–Kier alpha value is -3.23. The van der Waals surface area contributed by atoms with Gasteiger partial charge in [-0.2, -0.15) is 10.2 Å². The summed E-state index contributed by atoms with van der Waals surface area (Å²) < 4.78 is 16.7. The lowest BCUT2D eigenvalue weighted by atomic mass is 9.89. The number of amides is 1. The molecule has 0 spiro atoms. The van der Waals surface area contributed by atoms with Gasteiger partial charge in [0, 0.05) is 48.3 Å². The van der Waals surface area contributed by atoms with Crippen LogP contribution >= 0.6 is 0 Å². The summed E-state index contributed by atoms with van der Waals surface area (Å²) in [5.41, 5.74) is 3.81. The summed E-state index contributed by atoms with van der Waals surface area (Å²) in [6, 6.07) is 3.13. The van der Waals surface area contributed by atoms with Gasteiger partial charge in [0.2, 0.25) is 0 Å². The molecule has 0 saturated heterocycles. The molecule has 5 rings (SSSR count). The van der Waals surface area contributed by atoms with E-state index in [0.717, 1.165) is 17.0 Å². The first-order valence-electron chi connectivity index (χ1n) is 12.2. The van der Waals surface area contributed by atoms with Gasteiger partial charge in [0.05, 0.1) is 5.69 Å². The standard InChI is InChI=1S/C25H32FN7O/c1-4-33-21(9-10-29-33)25(34)30-20(23(16-5-6-16)17-7-8-17)13-28-24-19(26)11-18(12-27-24)22-14(2)31-32-15(22)3/h9-12,16-17,20,23H,4-8,13H2,1-3H3,(H,27,28)(H,30,34)(H,31,32). The molecule has 34 heavy (non-hydrogen) atoms. The van der Waals surface area contributed by atoms with Gasteiger partial charge < -0.3 is 10.6 Å². The molecule has 3 aromatic rings. The average Bonchev–Trinajstić information content (AvgIpc) is 3.75. The molecule has 2 saturated carbocycles. The maximum absolute atomic E-state index is 15.0. The number of hydrogen-bond donors (Lipinski definition) is 3. The van der Waals surface area contributed by atoms with Crippen molar-refractivity contribution in [2.75, 3.05) is 11.9 Å². The van der Waals surface area contributed by atoms with Gasteiger partial charge in [0.15, 0.2) is 11.6 Å². The Balaban J connectivity index is 1.34. The van der Waals surface area contributed by atoms with Crippen molar-refractivity contribution in [2.45, 2.75) is 59.0 Å². The van der Waals surface area contributed by atoms with E-state index in [9.17, 15) is 4.79 Å². The molecule has 8 nitrogen and oxygen atoms in total. The van der Waals surface area contributed by atoms with E-state index in [1.165, 1.54) is 31.7 Å². The molecule has 0 bridgehead atoms. The number of rotatable bonds is 10. The van der Waals surface area contributed by atoms with Gasteiger partial charge in [-0.25, -0.2) is 9.37 Å². The number of hydrogen-bond acceptors (Lipinski definition) is 5. The predicted molar refractivity (Wildman–Crippen MR) is 128 cm³/mol. The molecular formula is C25H32FN7O. The maximum atomic E-state index is 15.0. The van der Waals surface area contributed by atoms with Crippen LogP contribution in [0.3, 0.4) is 0 Å². The SMILES string of the molecule is CCn1nccc1C(=O)NC(CNc1ncc(-c2c(C)n[nH]c2C)cc1F)C(C1CC1)C1CC1. The molecule has 1 atom stereocenters. The first kappa shape index (κ1) is 22.6. The molecule has 180 valence electrons. The van der Waals surface area contributed by atoms with Crippen molar-refractivity contribution in [1.29, 1.82) is 0 Å². The first-order chi connectivity index (χ1) is 16.5. The molecule has 3 N–H and O–H groups in total. The third-order valence-electron chi connectivity index (χ3n) is 7.11. The number of nitrogens with one attached hydrogen (secondary N) is 3. The van der Waals surface area contributed by atoms with Crippen molar-refractivity contribution in [3.8, 4) is 11.1 Å². The van der Waals surface area contributed by atoms with E-state index in [1.54, 1.807) is 23.1 Å². The third kappa shape index (κ3) is 4.56. The number of aryl methyl sites for hydroxylation is 3. The van der Waals surface area contributed by atoms with Gasteiger partial charge >= 0.3 is 0 Å². The highest BCUT2D eigenvalue weighted by Gasteiger charge is 2.46. The Kier molecular flexibility index (Phi) is 6.10. The zero-order valence-electron chi connectivity index (χ0n) is 19.9. The molecule has 0 radical (unpaired) electrons. The molecular weight excluding hydrogens is 433 g/mol. The van der Waals surface area contributed by atoms with Crippen molar-refractivity contribution in [2.24, 2.45) is 17.8 Å². The number of aromatic amines is 1. The number of nitrogens with zero attached hydrogens (tertiary/aromatic N) is 4. The van der Waals surface area contributed by atoms with Crippen molar-refractivity contribution in [1.82, 2.24) is 30.3 Å². The Morgan fingerprint density at radius 2 is 2.00 bits per heavy atom. The largest absolute Gasteiger partial charge is 0.366 e. The lowest BCUT2D eigenvalue weighted by molar-refractivity contribution is 0.0905. The molecule has 0 aliphatic heterocycles. The second-order valence-electron chi connectivity index (χ2n) is 9.61. The summed E-state index contributed by atoms with van der Waals surface area (Å²) in [7, 11) is 0. The number of carbonyl (C=O) groups excluding carboxylic acids is 1. The highest BCUT2D eigenvalue weighted by molar-refractivity contribution is 5.92. The number of carbonyl (C=O) groups is 1. The Morgan fingerprint density at radius 3 is 2.59 bits per heavy atom. The van der Waals surface area contributed by atoms with E-state index in [0.29, 0.717) is 42.1 Å². The van der Waals surface area contributed by atoms with Crippen molar-refractivity contribution >= 4 is 11.7 Å². The fourth-order valence-corrected chi connectivity index (χ4v) is 5.20. The van der Waals surface area contributed by atoms with Crippen LogP contribution in [-0.2, 0) is 6.54 Å². The molecule has 2 aliphatic carbocycles. The smallest absolute Gasteiger partial charge is 0.269 e. The third-order valence-corrected chi connectivity index (χ3v) is 7.11. The van der Waals surface area contributed by atoms with E-state index in [2.05, 4.69) is 30.9 Å². The zero-order valence-corrected chi connectivity index (χ0v) is 19.9. The van der Waals surface area contributed by atoms with Crippen LogP contribution < -0.4 is 10.6 Å². The molecule has 3 heterocycles. The Morgan fingerprint density at radius 1 is 1.26 bits per heavy atom. The summed E-state index contributed by atoms with van der Waals surface area (Å²) in [5.74, 6) is 1.30. The van der Waals surface area contributed by atoms with E-state index >= 15 is 4.39 Å². The average molecular weight is 466 g/mol. The number of aromatic nitrogens is 5. The summed E-state index contributed by atoms with van der Waals surface area (Å²) >= 11 is 0. The maximum Gasteiger partial charge on any atom is 0.269 e. The van der Waals surface area contributed by atoms with Crippen LogP contribution in [0.4, 0.5) is 10.2 Å². The molecule has 1 amide bonds. The van der Waals surface area contributed by atoms with E-state index in [-0.39, 0.29) is 17.8 Å². The minimum Gasteiger partial charge on any atom is -0.366 e. The van der Waals surface area contributed by atoms with Crippen LogP contribution in [0.5, 0.6) is 0 Å². The van der Waals surface area contributed by atoms with Gasteiger partial charge in [-0.15, -0.1) is 0 Å². The van der Waals surface area contributed by atoms with Gasteiger partial charge in [0.1, 0.15) is 5.69 Å². The van der Waals surface area contributed by atoms with Gasteiger partial charge in [-0.05, 0) is 76.3 Å². The van der Waals surface area contributed by atoms with Crippen LogP contribution in [0, 0.1) is 37.4 Å². The molecule has 1 unspecified atom stereocenters. The van der Waals surface area contributed by atoms with E-state index < -0.39 is 5.82 Å². The second-order valence-corrected chi connectivity index (χ2v) is 9.61. The topological polar surface area (TPSA) is 101 Å². The predicted octanol–water partition coefficient (Wildman–Crippen LogP) is 4.09. The first-order valence-corrected chi connectivity index (χ1v) is 12.2. The zero-order chi connectivity index (χ0) is 23.8. The van der Waals surface area contributed by atoms with Gasteiger partial charge in [0.25, 0.3) is 5.91 Å². The lowest BCUT2D eigenvalue weighted by Gasteiger charge is -2.29. The minimum absolute atomic E-state index is 0.105. The molecule has 3 aromatic heterocycles. The second kappa shape index (κ2) is 9.19.